The molecule has 0 radical (unpaired) electrons. The fraction of sp³-hybridized carbons (Fsp3) is 0.562. The second-order valence-electron chi connectivity index (χ2n) is 5.73. The number of amides is 1. The van der Waals surface area contributed by atoms with Gasteiger partial charge in [0.2, 0.25) is 0 Å². The Kier molecular flexibility index (Phi) is 5.28. The predicted octanol–water partition coefficient (Wildman–Crippen LogP) is 3.09. The zero-order valence-electron chi connectivity index (χ0n) is 12.3. The van der Waals surface area contributed by atoms with E-state index < -0.39 is 11.6 Å². The van der Waals surface area contributed by atoms with E-state index in [0.717, 1.165) is 50.3 Å². The largest absolute Gasteiger partial charge is 0.336 e. The van der Waals surface area contributed by atoms with E-state index in [-0.39, 0.29) is 23.6 Å². The number of benzene rings is 1. The molecule has 1 saturated carbocycles. The highest BCUT2D eigenvalue weighted by Crippen LogP contribution is 2.24. The summed E-state index contributed by atoms with van der Waals surface area (Å²) in [4.78, 5) is 14.3. The quantitative estimate of drug-likeness (QED) is 0.928. The zero-order chi connectivity index (χ0) is 15.4. The molecule has 0 unspecified atom stereocenters. The standard InChI is InChI=1S/C16H22F2N2O/c1-2-7-20(15-5-3-14(19)4-6-15)16(21)11-8-12(17)10-13(18)9-11/h8-10,14-15H,2-7,19H2,1H3. The Morgan fingerprint density at radius 1 is 1.19 bits per heavy atom. The van der Waals surface area contributed by atoms with Gasteiger partial charge < -0.3 is 10.6 Å². The van der Waals surface area contributed by atoms with Gasteiger partial charge in [0, 0.05) is 30.3 Å². The van der Waals surface area contributed by atoms with Gasteiger partial charge in [0.25, 0.3) is 5.91 Å². The third-order valence-corrected chi connectivity index (χ3v) is 4.02. The van der Waals surface area contributed by atoms with Crippen LogP contribution in [0.2, 0.25) is 0 Å². The van der Waals surface area contributed by atoms with Crippen molar-refractivity contribution in [2.24, 2.45) is 5.73 Å². The molecule has 0 aliphatic heterocycles. The monoisotopic (exact) mass is 296 g/mol. The van der Waals surface area contributed by atoms with Crippen LogP contribution in [0.4, 0.5) is 8.78 Å². The lowest BCUT2D eigenvalue weighted by Crippen LogP contribution is -2.44. The molecule has 1 aromatic carbocycles. The first-order valence-electron chi connectivity index (χ1n) is 7.54. The fourth-order valence-electron chi connectivity index (χ4n) is 2.95. The van der Waals surface area contributed by atoms with Crippen LogP contribution >= 0.6 is 0 Å². The third-order valence-electron chi connectivity index (χ3n) is 4.02. The Labute approximate surface area is 124 Å². The highest BCUT2D eigenvalue weighted by atomic mass is 19.1. The molecule has 0 bridgehead atoms. The van der Waals surface area contributed by atoms with Gasteiger partial charge in [-0.05, 0) is 44.2 Å². The summed E-state index contributed by atoms with van der Waals surface area (Å²) in [6.07, 6.45) is 4.28. The Balaban J connectivity index is 2.18. The molecule has 2 N–H and O–H groups in total. The molecule has 1 fully saturated rings. The van der Waals surface area contributed by atoms with Crippen LogP contribution in [-0.2, 0) is 0 Å². The topological polar surface area (TPSA) is 46.3 Å². The van der Waals surface area contributed by atoms with Crippen molar-refractivity contribution in [3.63, 3.8) is 0 Å². The van der Waals surface area contributed by atoms with Crippen LogP contribution in [0.25, 0.3) is 0 Å². The number of carbonyl (C=O) groups excluding carboxylic acids is 1. The first-order chi connectivity index (χ1) is 10.0. The number of nitrogens with two attached hydrogens (primary N) is 1. The van der Waals surface area contributed by atoms with Crippen molar-refractivity contribution in [3.05, 3.63) is 35.4 Å². The Hall–Kier alpha value is -1.49. The maximum Gasteiger partial charge on any atom is 0.254 e. The molecule has 0 heterocycles. The molecule has 1 aliphatic carbocycles. The minimum Gasteiger partial charge on any atom is -0.336 e. The molecule has 116 valence electrons. The van der Waals surface area contributed by atoms with E-state index in [1.807, 2.05) is 6.92 Å². The number of nitrogens with zero attached hydrogens (tertiary/aromatic N) is 1. The van der Waals surface area contributed by atoms with Crippen molar-refractivity contribution in [3.8, 4) is 0 Å². The third kappa shape index (κ3) is 4.00. The first kappa shape index (κ1) is 15.9. The SMILES string of the molecule is CCCN(C(=O)c1cc(F)cc(F)c1)C1CCC(N)CC1. The molecule has 21 heavy (non-hydrogen) atoms. The van der Waals surface area contributed by atoms with E-state index in [4.69, 9.17) is 5.73 Å². The lowest BCUT2D eigenvalue weighted by molar-refractivity contribution is 0.0625. The number of halogens is 2. The number of rotatable bonds is 4. The minimum absolute atomic E-state index is 0.0795. The number of hydrogen-bond acceptors (Lipinski definition) is 2. The normalized spacial score (nSPS) is 22.1. The van der Waals surface area contributed by atoms with Crippen LogP contribution in [0.3, 0.4) is 0 Å². The highest BCUT2D eigenvalue weighted by Gasteiger charge is 2.28. The molecule has 0 spiro atoms. The average molecular weight is 296 g/mol. The zero-order valence-corrected chi connectivity index (χ0v) is 12.3. The summed E-state index contributed by atoms with van der Waals surface area (Å²) in [7, 11) is 0. The Bertz CT molecular complexity index is 479. The summed E-state index contributed by atoms with van der Waals surface area (Å²) < 4.78 is 26.6. The molecule has 2 rings (SSSR count). The van der Waals surface area contributed by atoms with Crippen molar-refractivity contribution in [2.75, 3.05) is 6.54 Å². The van der Waals surface area contributed by atoms with Crippen LogP contribution in [0.15, 0.2) is 18.2 Å². The molecule has 1 amide bonds. The fourth-order valence-corrected chi connectivity index (χ4v) is 2.95. The summed E-state index contributed by atoms with van der Waals surface area (Å²) >= 11 is 0. The molecule has 5 heteroatoms. The van der Waals surface area contributed by atoms with Crippen LogP contribution in [0, 0.1) is 11.6 Å². The highest BCUT2D eigenvalue weighted by molar-refractivity contribution is 5.94. The van der Waals surface area contributed by atoms with Gasteiger partial charge in [0.15, 0.2) is 0 Å². The van der Waals surface area contributed by atoms with E-state index >= 15 is 0 Å². The van der Waals surface area contributed by atoms with Crippen LogP contribution in [-0.4, -0.2) is 29.4 Å². The molecule has 1 aromatic rings. The maximum atomic E-state index is 13.3. The molecule has 0 saturated heterocycles. The second-order valence-corrected chi connectivity index (χ2v) is 5.73. The predicted molar refractivity (Wildman–Crippen MR) is 77.9 cm³/mol. The van der Waals surface area contributed by atoms with Crippen molar-refractivity contribution in [1.82, 2.24) is 4.90 Å². The summed E-state index contributed by atoms with van der Waals surface area (Å²) in [5.74, 6) is -1.74. The molecule has 3 nitrogen and oxygen atoms in total. The molecule has 0 aromatic heterocycles. The molecular formula is C16H22F2N2O. The summed E-state index contributed by atoms with van der Waals surface area (Å²) in [5, 5.41) is 0. The van der Waals surface area contributed by atoms with Gasteiger partial charge in [-0.25, -0.2) is 8.78 Å². The molecule has 1 aliphatic rings. The smallest absolute Gasteiger partial charge is 0.254 e. The van der Waals surface area contributed by atoms with E-state index in [9.17, 15) is 13.6 Å². The van der Waals surface area contributed by atoms with Gasteiger partial charge in [-0.15, -0.1) is 0 Å². The molecular weight excluding hydrogens is 274 g/mol. The van der Waals surface area contributed by atoms with Crippen molar-refractivity contribution >= 4 is 5.91 Å². The van der Waals surface area contributed by atoms with Crippen LogP contribution in [0.5, 0.6) is 0 Å². The Morgan fingerprint density at radius 3 is 2.29 bits per heavy atom. The van der Waals surface area contributed by atoms with Crippen LogP contribution < -0.4 is 5.73 Å². The van der Waals surface area contributed by atoms with Gasteiger partial charge in [0.1, 0.15) is 11.6 Å². The summed E-state index contributed by atoms with van der Waals surface area (Å²) in [6.45, 7) is 2.58. The number of hydrogen-bond donors (Lipinski definition) is 1. The maximum absolute atomic E-state index is 13.3. The van der Waals surface area contributed by atoms with Gasteiger partial charge >= 0.3 is 0 Å². The van der Waals surface area contributed by atoms with Crippen LogP contribution in [0.1, 0.15) is 49.4 Å². The lowest BCUT2D eigenvalue weighted by Gasteiger charge is -2.36. The van der Waals surface area contributed by atoms with Crippen molar-refractivity contribution in [1.29, 1.82) is 0 Å². The average Bonchev–Trinajstić information content (AvgIpc) is 2.44. The van der Waals surface area contributed by atoms with Gasteiger partial charge in [-0.2, -0.15) is 0 Å². The molecule has 0 atom stereocenters. The van der Waals surface area contributed by atoms with Crippen molar-refractivity contribution in [2.45, 2.75) is 51.1 Å². The van der Waals surface area contributed by atoms with Gasteiger partial charge in [0.05, 0.1) is 0 Å². The summed E-state index contributed by atoms with van der Waals surface area (Å²) in [5.41, 5.74) is 5.97. The van der Waals surface area contributed by atoms with E-state index in [1.54, 1.807) is 4.90 Å². The van der Waals surface area contributed by atoms with E-state index in [2.05, 4.69) is 0 Å². The second kappa shape index (κ2) is 6.98. The Morgan fingerprint density at radius 2 is 1.76 bits per heavy atom. The lowest BCUT2D eigenvalue weighted by atomic mass is 9.90. The number of carbonyl (C=O) groups is 1. The minimum atomic E-state index is -0.722. The summed E-state index contributed by atoms with van der Waals surface area (Å²) in [6, 6.07) is 3.29. The van der Waals surface area contributed by atoms with E-state index in [1.165, 1.54) is 0 Å². The van der Waals surface area contributed by atoms with Crippen molar-refractivity contribution < 1.29 is 13.6 Å². The van der Waals surface area contributed by atoms with E-state index in [0.29, 0.717) is 6.54 Å². The van der Waals surface area contributed by atoms with Gasteiger partial charge in [-0.3, -0.25) is 4.79 Å². The van der Waals surface area contributed by atoms with Gasteiger partial charge in [-0.1, -0.05) is 6.92 Å². The first-order valence-corrected chi connectivity index (χ1v) is 7.54.